The van der Waals surface area contributed by atoms with Gasteiger partial charge in [-0.15, -0.1) is 0 Å². The van der Waals surface area contributed by atoms with Crippen molar-refractivity contribution < 1.29 is 15.2 Å². The molecule has 0 amide bonds. The van der Waals surface area contributed by atoms with Gasteiger partial charge in [-0.05, 0) is 6.92 Å². The first-order chi connectivity index (χ1) is 5.39. The summed E-state index contributed by atoms with van der Waals surface area (Å²) in [6.07, 6.45) is 0. The van der Waals surface area contributed by atoms with Crippen molar-refractivity contribution in [2.45, 2.75) is 6.92 Å². The molecular formula is C7H8Cl4Hf. The second-order valence-corrected chi connectivity index (χ2v) is 33.2. The summed E-state index contributed by atoms with van der Waals surface area (Å²) in [6.45, 7) is 2.08. The normalized spacial score (nSPS) is 10.1. The molecule has 68 valence electrons. The van der Waals surface area contributed by atoms with Gasteiger partial charge in [0, 0.05) is 0 Å². The Labute approximate surface area is 91.4 Å². The van der Waals surface area contributed by atoms with Gasteiger partial charge in [0.1, 0.15) is 0 Å². The van der Waals surface area contributed by atoms with E-state index in [2.05, 4.69) is 19.1 Å². The van der Waals surface area contributed by atoms with E-state index in [1.54, 1.807) is 0 Å². The van der Waals surface area contributed by atoms with Crippen LogP contribution in [0.5, 0.6) is 0 Å². The van der Waals surface area contributed by atoms with Crippen LogP contribution in [0.25, 0.3) is 0 Å². The third kappa shape index (κ3) is 13.8. The maximum atomic E-state index is 5.05. The molecule has 0 aliphatic heterocycles. The van der Waals surface area contributed by atoms with Crippen molar-refractivity contribution in [1.29, 1.82) is 0 Å². The summed E-state index contributed by atoms with van der Waals surface area (Å²) in [5.41, 5.74) is 1.32. The molecule has 12 heavy (non-hydrogen) atoms. The van der Waals surface area contributed by atoms with E-state index in [4.69, 9.17) is 34.3 Å². The molecule has 0 saturated heterocycles. The van der Waals surface area contributed by atoms with Gasteiger partial charge in [-0.3, -0.25) is 0 Å². The number of aryl methyl sites for hydroxylation is 1. The van der Waals surface area contributed by atoms with Crippen molar-refractivity contribution in [1.82, 2.24) is 0 Å². The summed E-state index contributed by atoms with van der Waals surface area (Å²) >= 11 is -3.39. The van der Waals surface area contributed by atoms with Gasteiger partial charge in [-0.1, -0.05) is 35.9 Å². The van der Waals surface area contributed by atoms with Gasteiger partial charge >= 0.3 is 49.5 Å². The van der Waals surface area contributed by atoms with Crippen LogP contribution in [-0.2, 0) is 15.2 Å². The zero-order valence-corrected chi connectivity index (χ0v) is 13.0. The fourth-order valence-electron chi connectivity index (χ4n) is 0.534. The van der Waals surface area contributed by atoms with Crippen LogP contribution in [0.2, 0.25) is 0 Å². The molecule has 0 aliphatic carbocycles. The fraction of sp³-hybridized carbons (Fsp3) is 0.143. The van der Waals surface area contributed by atoms with Gasteiger partial charge in [0.2, 0.25) is 0 Å². The third-order valence-corrected chi connectivity index (χ3v) is 0.940. The summed E-state index contributed by atoms with van der Waals surface area (Å²) in [5, 5.41) is 0. The van der Waals surface area contributed by atoms with Crippen LogP contribution < -0.4 is 0 Å². The first-order valence-electron chi connectivity index (χ1n) is 3.17. The Hall–Kier alpha value is 1.25. The van der Waals surface area contributed by atoms with E-state index in [0.29, 0.717) is 0 Å². The molecule has 0 fully saturated rings. The van der Waals surface area contributed by atoms with Crippen LogP contribution in [0.15, 0.2) is 30.3 Å². The van der Waals surface area contributed by atoms with E-state index < -0.39 is 15.2 Å². The molecule has 0 atom stereocenters. The summed E-state index contributed by atoms with van der Waals surface area (Å²) in [4.78, 5) is 0. The van der Waals surface area contributed by atoms with Crippen molar-refractivity contribution in [3.63, 3.8) is 0 Å². The summed E-state index contributed by atoms with van der Waals surface area (Å²) in [7, 11) is 20.2. The summed E-state index contributed by atoms with van der Waals surface area (Å²) < 4.78 is 0. The van der Waals surface area contributed by atoms with Crippen molar-refractivity contribution in [2.75, 3.05) is 0 Å². The van der Waals surface area contributed by atoms with Crippen LogP contribution in [0.1, 0.15) is 5.56 Å². The zero-order valence-electron chi connectivity index (χ0n) is 6.40. The van der Waals surface area contributed by atoms with Crippen LogP contribution >= 0.6 is 34.3 Å². The van der Waals surface area contributed by atoms with Crippen LogP contribution in [-0.4, -0.2) is 0 Å². The molecular weight excluding hydrogens is 404 g/mol. The van der Waals surface area contributed by atoms with E-state index in [9.17, 15) is 0 Å². The average molecular weight is 412 g/mol. The number of hydrogen-bond acceptors (Lipinski definition) is 0. The molecule has 5 heteroatoms. The van der Waals surface area contributed by atoms with Gasteiger partial charge in [-0.2, -0.15) is 0 Å². The molecule has 0 unspecified atom stereocenters. The summed E-state index contributed by atoms with van der Waals surface area (Å²) in [5.74, 6) is 0. The van der Waals surface area contributed by atoms with Crippen molar-refractivity contribution in [2.24, 2.45) is 0 Å². The van der Waals surface area contributed by atoms with E-state index in [-0.39, 0.29) is 0 Å². The first-order valence-corrected chi connectivity index (χ1v) is 21.0. The Morgan fingerprint density at radius 1 is 0.917 bits per heavy atom. The number of benzene rings is 1. The van der Waals surface area contributed by atoms with Gasteiger partial charge in [-0.25, -0.2) is 0 Å². The average Bonchev–Trinajstić information content (AvgIpc) is 1.85. The molecule has 0 N–H and O–H groups in total. The van der Waals surface area contributed by atoms with Gasteiger partial charge in [0.15, 0.2) is 0 Å². The molecule has 0 saturated carbocycles. The Balaban J connectivity index is 0.000000217. The maximum absolute atomic E-state index is 5.05. The Morgan fingerprint density at radius 3 is 1.42 bits per heavy atom. The minimum absolute atomic E-state index is 1.32. The quantitative estimate of drug-likeness (QED) is 0.540. The van der Waals surface area contributed by atoms with Crippen molar-refractivity contribution in [3.8, 4) is 0 Å². The molecule has 0 aromatic heterocycles. The van der Waals surface area contributed by atoms with E-state index in [1.165, 1.54) is 5.56 Å². The number of halogens is 4. The molecule has 1 aromatic carbocycles. The van der Waals surface area contributed by atoms with Crippen LogP contribution in [0.4, 0.5) is 0 Å². The van der Waals surface area contributed by atoms with Crippen molar-refractivity contribution in [3.05, 3.63) is 35.9 Å². The van der Waals surface area contributed by atoms with Crippen LogP contribution in [0, 0.1) is 6.92 Å². The Bertz CT molecular complexity index is 200. The zero-order chi connectivity index (χ0) is 9.61. The van der Waals surface area contributed by atoms with Gasteiger partial charge in [0.25, 0.3) is 0 Å². The second kappa shape index (κ2) is 6.67. The van der Waals surface area contributed by atoms with Crippen molar-refractivity contribution >= 4 is 34.3 Å². The molecule has 0 spiro atoms. The Kier molecular flexibility index (Phi) is 7.36. The Morgan fingerprint density at radius 2 is 1.25 bits per heavy atom. The minimum atomic E-state index is -3.39. The number of rotatable bonds is 0. The molecule has 0 heterocycles. The number of hydrogen-bond donors (Lipinski definition) is 0. The SMILES string of the molecule is Cc1ccccc1.[Cl][Hf]([Cl])([Cl])[Cl]. The third-order valence-electron chi connectivity index (χ3n) is 0.940. The van der Waals surface area contributed by atoms with E-state index in [1.807, 2.05) is 18.2 Å². The predicted molar refractivity (Wildman–Crippen MR) is 54.6 cm³/mol. The van der Waals surface area contributed by atoms with Gasteiger partial charge in [0.05, 0.1) is 0 Å². The first kappa shape index (κ1) is 13.3. The standard InChI is InChI=1S/C7H8.4ClH.Hf/c1-7-5-3-2-4-6-7;;;;;/h2-6H,1H3;4*1H;/q;;;;;+4/p-4. The molecule has 0 nitrogen and oxygen atoms in total. The molecule has 0 radical (unpaired) electrons. The molecule has 1 aromatic rings. The monoisotopic (exact) mass is 412 g/mol. The summed E-state index contributed by atoms with van der Waals surface area (Å²) in [6, 6.07) is 10.3. The topological polar surface area (TPSA) is 0 Å². The predicted octanol–water partition coefficient (Wildman–Crippen LogP) is 4.75. The van der Waals surface area contributed by atoms with E-state index in [0.717, 1.165) is 0 Å². The second-order valence-electron chi connectivity index (χ2n) is 2.08. The van der Waals surface area contributed by atoms with Crippen LogP contribution in [0.3, 0.4) is 0 Å². The molecule has 0 bridgehead atoms. The molecule has 1 rings (SSSR count). The fourth-order valence-corrected chi connectivity index (χ4v) is 0.534. The van der Waals surface area contributed by atoms with E-state index >= 15 is 0 Å². The molecule has 0 aliphatic rings. The van der Waals surface area contributed by atoms with Gasteiger partial charge < -0.3 is 0 Å².